The summed E-state index contributed by atoms with van der Waals surface area (Å²) >= 11 is 6.37. The fraction of sp³-hybridized carbons (Fsp3) is 0.222. The van der Waals surface area contributed by atoms with E-state index >= 15 is 0 Å². The van der Waals surface area contributed by atoms with E-state index in [0.29, 0.717) is 6.42 Å². The summed E-state index contributed by atoms with van der Waals surface area (Å²) in [4.78, 5) is 21.1. The van der Waals surface area contributed by atoms with E-state index in [2.05, 4.69) is 6.07 Å². The lowest BCUT2D eigenvalue weighted by molar-refractivity contribution is -0.156. The van der Waals surface area contributed by atoms with Crippen LogP contribution in [0.15, 0.2) is 64.1 Å². The molecule has 1 aromatic carbocycles. The van der Waals surface area contributed by atoms with Crippen LogP contribution in [-0.4, -0.2) is 56.7 Å². The zero-order valence-corrected chi connectivity index (χ0v) is 29.7. The Labute approximate surface area is 293 Å². The Morgan fingerprint density at radius 1 is 0.771 bits per heavy atom. The summed E-state index contributed by atoms with van der Waals surface area (Å²) in [6.07, 6.45) is 4.62. The molecule has 7 rings (SSSR count). The van der Waals surface area contributed by atoms with E-state index < -0.39 is 18.2 Å². The highest BCUT2D eigenvalue weighted by molar-refractivity contribution is 7.16. The van der Waals surface area contributed by atoms with Crippen LogP contribution in [0.2, 0.25) is 0 Å². The number of nitrogens with zero attached hydrogens (tertiary/aromatic N) is 1. The quantitative estimate of drug-likeness (QED) is 0.140. The Morgan fingerprint density at radius 2 is 1.29 bits per heavy atom. The van der Waals surface area contributed by atoms with Crippen molar-refractivity contribution in [1.29, 1.82) is 0 Å². The Kier molecular flexibility index (Phi) is 9.25. The van der Waals surface area contributed by atoms with E-state index in [1.807, 2.05) is 64.1 Å². The Morgan fingerprint density at radius 3 is 1.85 bits per heavy atom. The van der Waals surface area contributed by atoms with E-state index in [-0.39, 0.29) is 6.42 Å². The number of hydrogen-bond acceptors (Lipinski definition) is 12. The number of esters is 1. The van der Waals surface area contributed by atoms with Crippen LogP contribution in [0.4, 0.5) is 0 Å². The van der Waals surface area contributed by atoms with Crippen LogP contribution in [0.3, 0.4) is 0 Å². The Balaban J connectivity index is 1.62. The van der Waals surface area contributed by atoms with Crippen LogP contribution in [0.5, 0.6) is 23.0 Å². The third kappa shape index (κ3) is 5.77. The van der Waals surface area contributed by atoms with Gasteiger partial charge in [-0.05, 0) is 57.9 Å². The van der Waals surface area contributed by atoms with E-state index in [4.69, 9.17) is 28.7 Å². The van der Waals surface area contributed by atoms with Gasteiger partial charge in [-0.3, -0.25) is 9.78 Å². The minimum atomic E-state index is -0.744. The molecule has 5 aromatic heterocycles. The average molecular weight is 718 g/mol. The molecule has 1 aliphatic heterocycles. The number of hydrogen-bond donors (Lipinski definition) is 1. The molecule has 1 fully saturated rings. The van der Waals surface area contributed by atoms with Crippen LogP contribution in [0, 0.1) is 0 Å². The molecule has 0 radical (unpaired) electrons. The summed E-state index contributed by atoms with van der Waals surface area (Å²) in [6, 6.07) is 10.1. The maximum Gasteiger partial charge on any atom is 0.309 e. The fourth-order valence-electron chi connectivity index (χ4n) is 6.08. The van der Waals surface area contributed by atoms with Gasteiger partial charge in [0.1, 0.15) is 29.1 Å². The highest BCUT2D eigenvalue weighted by atomic mass is 32.1. The average Bonchev–Trinajstić information content (AvgIpc) is 3.92. The lowest BCUT2D eigenvalue weighted by Gasteiger charge is -2.23. The minimum Gasteiger partial charge on any atom is -0.495 e. The number of carbonyl (C=O) groups is 1. The number of rotatable bonds is 10. The molecule has 1 aliphatic rings. The van der Waals surface area contributed by atoms with Crippen LogP contribution in [0.1, 0.15) is 18.4 Å². The molecule has 0 spiro atoms. The topological polar surface area (TPSA) is 96.3 Å². The van der Waals surface area contributed by atoms with Gasteiger partial charge in [-0.1, -0.05) is 6.08 Å². The van der Waals surface area contributed by atoms with Crippen molar-refractivity contribution in [2.24, 2.45) is 0 Å². The number of ether oxygens (including phenoxy) is 5. The van der Waals surface area contributed by atoms with Crippen molar-refractivity contribution in [2.45, 2.75) is 25.0 Å². The van der Waals surface area contributed by atoms with Gasteiger partial charge < -0.3 is 28.8 Å². The Bertz CT molecular complexity index is 2140. The van der Waals surface area contributed by atoms with E-state index in [1.54, 1.807) is 73.8 Å². The molecule has 6 heterocycles. The van der Waals surface area contributed by atoms with Crippen LogP contribution >= 0.6 is 45.3 Å². The van der Waals surface area contributed by atoms with Gasteiger partial charge in [0.2, 0.25) is 0 Å². The summed E-state index contributed by atoms with van der Waals surface area (Å²) in [5.41, 5.74) is 5.37. The second-order valence-corrected chi connectivity index (χ2v) is 14.6. The molecule has 6 aromatic rings. The molecule has 2 atom stereocenters. The number of benzene rings is 1. The molecule has 8 nitrogen and oxygen atoms in total. The van der Waals surface area contributed by atoms with Gasteiger partial charge in [0.25, 0.3) is 0 Å². The summed E-state index contributed by atoms with van der Waals surface area (Å²) in [5.74, 6) is 2.58. The number of fused-ring (bicyclic) bond motifs is 1. The second kappa shape index (κ2) is 13.7. The summed E-state index contributed by atoms with van der Waals surface area (Å²) < 4.78 is 29.1. The lowest BCUT2D eigenvalue weighted by atomic mass is 9.89. The maximum atomic E-state index is 12.1. The SMILES string of the molecule is COc1ccsc1-c1cc2c(-c3sccc3OC)c(C=C[C@@H]3C[C@@H](O)CC(=O)O3)cnc2c(-c2sccc2OC)c1-c1sccc1OC. The van der Waals surface area contributed by atoms with Crippen molar-refractivity contribution in [1.82, 2.24) is 4.98 Å². The van der Waals surface area contributed by atoms with Gasteiger partial charge in [0.05, 0.1) is 66.0 Å². The first-order valence-electron chi connectivity index (χ1n) is 15.0. The number of carbonyl (C=O) groups excluding carboxylic acids is 1. The Hall–Kier alpha value is -4.20. The number of aliphatic hydroxyl groups excluding tert-OH is 1. The molecule has 0 aliphatic carbocycles. The van der Waals surface area contributed by atoms with Crippen LogP contribution < -0.4 is 18.9 Å². The summed E-state index contributed by atoms with van der Waals surface area (Å²) in [7, 11) is 6.71. The van der Waals surface area contributed by atoms with Crippen molar-refractivity contribution in [2.75, 3.05) is 28.4 Å². The molecule has 246 valence electrons. The lowest BCUT2D eigenvalue weighted by Crippen LogP contribution is -2.31. The molecule has 0 saturated carbocycles. The highest BCUT2D eigenvalue weighted by Gasteiger charge is 2.30. The zero-order chi connectivity index (χ0) is 33.4. The number of aliphatic hydroxyl groups is 1. The van der Waals surface area contributed by atoms with Gasteiger partial charge in [0, 0.05) is 45.8 Å². The normalized spacial score (nSPS) is 16.4. The third-order valence-corrected chi connectivity index (χ3v) is 11.9. The standard InChI is InChI=1S/C36H31NO7S4/c1-40-24-7-11-45-33(24)23-17-22-29(34-25(41-2)8-12-46-34)19(5-6-21-15-20(38)16-28(39)44-21)18-37-32(22)31(36-27(43-4)10-14-48-36)30(23)35-26(42-3)9-13-47-35/h5-14,17-18,20-21,38H,15-16H2,1-4H3/t20-,21-/m1/s1. The summed E-state index contributed by atoms with van der Waals surface area (Å²) in [6.45, 7) is 0. The smallest absolute Gasteiger partial charge is 0.309 e. The zero-order valence-electron chi connectivity index (χ0n) is 26.5. The second-order valence-electron chi connectivity index (χ2n) is 10.9. The number of pyridine rings is 1. The number of thiophene rings is 4. The van der Waals surface area contributed by atoms with Gasteiger partial charge in [-0.2, -0.15) is 0 Å². The van der Waals surface area contributed by atoms with Gasteiger partial charge in [-0.15, -0.1) is 45.3 Å². The molecule has 0 unspecified atom stereocenters. The van der Waals surface area contributed by atoms with Gasteiger partial charge >= 0.3 is 5.97 Å². The number of cyclic esters (lactones) is 1. The van der Waals surface area contributed by atoms with E-state index in [0.717, 1.165) is 81.2 Å². The molecule has 12 heteroatoms. The van der Waals surface area contributed by atoms with Crippen molar-refractivity contribution < 1.29 is 33.6 Å². The largest absolute Gasteiger partial charge is 0.495 e. The van der Waals surface area contributed by atoms with Crippen molar-refractivity contribution in [3.05, 3.63) is 69.7 Å². The molecule has 0 amide bonds. The monoisotopic (exact) mass is 717 g/mol. The fourth-order valence-corrected chi connectivity index (χ4v) is 9.74. The summed E-state index contributed by atoms with van der Waals surface area (Å²) in [5, 5.41) is 19.2. The number of methoxy groups -OCH3 is 4. The minimum absolute atomic E-state index is 0.000786. The number of aromatic nitrogens is 1. The predicted octanol–water partition coefficient (Wildman–Crippen LogP) is 9.26. The molecular weight excluding hydrogens is 687 g/mol. The first kappa shape index (κ1) is 32.4. The maximum absolute atomic E-state index is 12.1. The third-order valence-electron chi connectivity index (χ3n) is 8.19. The molecular formula is C36H31NO7S4. The van der Waals surface area contributed by atoms with Crippen molar-refractivity contribution in [3.63, 3.8) is 0 Å². The molecule has 48 heavy (non-hydrogen) atoms. The van der Waals surface area contributed by atoms with Gasteiger partial charge in [0.15, 0.2) is 0 Å². The van der Waals surface area contributed by atoms with Crippen LogP contribution in [-0.2, 0) is 9.53 Å². The predicted molar refractivity (Wildman–Crippen MR) is 195 cm³/mol. The molecule has 1 N–H and O–H groups in total. The molecule has 1 saturated heterocycles. The highest BCUT2D eigenvalue weighted by Crippen LogP contribution is 2.55. The van der Waals surface area contributed by atoms with Gasteiger partial charge in [-0.25, -0.2) is 0 Å². The first-order valence-corrected chi connectivity index (χ1v) is 18.5. The first-order chi connectivity index (χ1) is 23.4. The van der Waals surface area contributed by atoms with Crippen molar-refractivity contribution in [3.8, 4) is 64.8 Å². The van der Waals surface area contributed by atoms with E-state index in [9.17, 15) is 9.90 Å². The van der Waals surface area contributed by atoms with Crippen molar-refractivity contribution >= 4 is 68.3 Å². The van der Waals surface area contributed by atoms with E-state index in [1.165, 1.54) is 0 Å². The molecule has 0 bridgehead atoms. The van der Waals surface area contributed by atoms with Crippen LogP contribution in [0.25, 0.3) is 58.7 Å².